The number of nitrogens with zero attached hydrogens (tertiary/aromatic N) is 1. The second kappa shape index (κ2) is 12.1. The summed E-state index contributed by atoms with van der Waals surface area (Å²) >= 11 is 0. The lowest BCUT2D eigenvalue weighted by atomic mass is 10.2. The summed E-state index contributed by atoms with van der Waals surface area (Å²) in [6.07, 6.45) is 1.09. The molecule has 0 atom stereocenters. The predicted octanol–water partition coefficient (Wildman–Crippen LogP) is 2.84. The fraction of sp³-hybridized carbons (Fsp3) is 0.381. The Labute approximate surface area is 179 Å². The molecule has 0 fully saturated rings. The maximum absolute atomic E-state index is 12.0. The predicted molar refractivity (Wildman–Crippen MR) is 110 cm³/mol. The standard InChI is InChI=1S/C21H25N3O7/c1-3-11-29-21(28)15-7-9-16(10-8-15)22-18(25)5-4-6-20(27)30-13-19(26)23-17-12-14(2)31-24-17/h7-10,12H,3-6,11,13H2,1-2H3,(H,22,25)(H,23,24,26). The number of carbonyl (C=O) groups is 4. The highest BCUT2D eigenvalue weighted by Gasteiger charge is 2.12. The second-order valence-electron chi connectivity index (χ2n) is 6.65. The highest BCUT2D eigenvalue weighted by molar-refractivity contribution is 5.93. The molecule has 2 N–H and O–H groups in total. The highest BCUT2D eigenvalue weighted by atomic mass is 16.5. The Hall–Kier alpha value is -3.69. The Morgan fingerprint density at radius 2 is 1.74 bits per heavy atom. The van der Waals surface area contributed by atoms with Crippen LogP contribution in [0.1, 0.15) is 48.7 Å². The molecule has 0 aliphatic heterocycles. The maximum atomic E-state index is 12.0. The summed E-state index contributed by atoms with van der Waals surface area (Å²) in [5, 5.41) is 8.70. The Morgan fingerprint density at radius 3 is 2.39 bits per heavy atom. The third-order valence-electron chi connectivity index (χ3n) is 3.89. The molecule has 1 heterocycles. The largest absolute Gasteiger partial charge is 0.462 e. The zero-order valence-corrected chi connectivity index (χ0v) is 17.4. The van der Waals surface area contributed by atoms with Gasteiger partial charge in [0.2, 0.25) is 5.91 Å². The molecule has 0 spiro atoms. The minimum Gasteiger partial charge on any atom is -0.462 e. The average Bonchev–Trinajstić information content (AvgIpc) is 3.15. The fourth-order valence-electron chi connectivity index (χ4n) is 2.41. The number of amides is 2. The molecule has 1 aromatic heterocycles. The summed E-state index contributed by atoms with van der Waals surface area (Å²) in [6, 6.07) is 7.87. The molecule has 0 bridgehead atoms. The number of aryl methyl sites for hydroxylation is 1. The minimum atomic E-state index is -0.589. The summed E-state index contributed by atoms with van der Waals surface area (Å²) in [5.74, 6) is -1.05. The van der Waals surface area contributed by atoms with Crippen LogP contribution in [-0.4, -0.2) is 42.1 Å². The van der Waals surface area contributed by atoms with E-state index >= 15 is 0 Å². The van der Waals surface area contributed by atoms with Crippen molar-refractivity contribution in [2.24, 2.45) is 0 Å². The van der Waals surface area contributed by atoms with Gasteiger partial charge in [-0.05, 0) is 44.0 Å². The molecule has 166 valence electrons. The first-order valence-corrected chi connectivity index (χ1v) is 9.83. The van der Waals surface area contributed by atoms with Crippen LogP contribution in [0.15, 0.2) is 34.9 Å². The third kappa shape index (κ3) is 8.69. The first-order chi connectivity index (χ1) is 14.9. The molecule has 10 nitrogen and oxygen atoms in total. The lowest BCUT2D eigenvalue weighted by Gasteiger charge is -2.07. The lowest BCUT2D eigenvalue weighted by Crippen LogP contribution is -2.21. The molecule has 0 radical (unpaired) electrons. The lowest BCUT2D eigenvalue weighted by molar-refractivity contribution is -0.147. The van der Waals surface area contributed by atoms with Crippen LogP contribution in [0.3, 0.4) is 0 Å². The van der Waals surface area contributed by atoms with Crippen molar-refractivity contribution in [3.05, 3.63) is 41.7 Å². The zero-order chi connectivity index (χ0) is 22.6. The SMILES string of the molecule is CCCOC(=O)c1ccc(NC(=O)CCCC(=O)OCC(=O)Nc2cc(C)on2)cc1. The molecule has 0 unspecified atom stereocenters. The van der Waals surface area contributed by atoms with Gasteiger partial charge in [0.05, 0.1) is 12.2 Å². The van der Waals surface area contributed by atoms with Gasteiger partial charge >= 0.3 is 11.9 Å². The van der Waals surface area contributed by atoms with Gasteiger partial charge in [0.25, 0.3) is 5.91 Å². The van der Waals surface area contributed by atoms with Crippen LogP contribution in [0.25, 0.3) is 0 Å². The number of carbonyl (C=O) groups excluding carboxylic acids is 4. The summed E-state index contributed by atoms with van der Waals surface area (Å²) in [4.78, 5) is 47.1. The van der Waals surface area contributed by atoms with E-state index in [2.05, 4.69) is 15.8 Å². The van der Waals surface area contributed by atoms with Gasteiger partial charge in [-0.2, -0.15) is 0 Å². The molecular formula is C21H25N3O7. The van der Waals surface area contributed by atoms with Gasteiger partial charge in [-0.15, -0.1) is 0 Å². The van der Waals surface area contributed by atoms with Crippen LogP contribution in [0.4, 0.5) is 11.5 Å². The first kappa shape index (κ1) is 23.6. The Kier molecular flexibility index (Phi) is 9.21. The van der Waals surface area contributed by atoms with Crippen molar-refractivity contribution in [3.8, 4) is 0 Å². The molecule has 0 saturated carbocycles. The first-order valence-electron chi connectivity index (χ1n) is 9.83. The van der Waals surface area contributed by atoms with Crippen LogP contribution in [-0.2, 0) is 23.9 Å². The number of nitrogens with one attached hydrogen (secondary N) is 2. The molecular weight excluding hydrogens is 406 g/mol. The van der Waals surface area contributed by atoms with E-state index in [4.69, 9.17) is 14.0 Å². The van der Waals surface area contributed by atoms with E-state index < -0.39 is 24.5 Å². The average molecular weight is 431 g/mol. The van der Waals surface area contributed by atoms with Crippen molar-refractivity contribution in [1.82, 2.24) is 5.16 Å². The van der Waals surface area contributed by atoms with E-state index in [1.807, 2.05) is 6.92 Å². The Morgan fingerprint density at radius 1 is 1.00 bits per heavy atom. The third-order valence-corrected chi connectivity index (χ3v) is 3.89. The molecule has 0 aliphatic carbocycles. The maximum Gasteiger partial charge on any atom is 0.338 e. The summed E-state index contributed by atoms with van der Waals surface area (Å²) in [7, 11) is 0. The number of benzene rings is 1. The Balaban J connectivity index is 1.63. The molecule has 2 rings (SSSR count). The van der Waals surface area contributed by atoms with Crippen LogP contribution in [0.2, 0.25) is 0 Å². The van der Waals surface area contributed by atoms with Crippen molar-refractivity contribution in [3.63, 3.8) is 0 Å². The van der Waals surface area contributed by atoms with Crippen molar-refractivity contribution < 1.29 is 33.2 Å². The van der Waals surface area contributed by atoms with Crippen LogP contribution in [0.5, 0.6) is 0 Å². The molecule has 1 aromatic carbocycles. The number of esters is 2. The quantitative estimate of drug-likeness (QED) is 0.518. The number of rotatable bonds is 11. The van der Waals surface area contributed by atoms with Crippen molar-refractivity contribution >= 4 is 35.3 Å². The van der Waals surface area contributed by atoms with E-state index in [9.17, 15) is 19.2 Å². The zero-order valence-electron chi connectivity index (χ0n) is 17.4. The summed E-state index contributed by atoms with van der Waals surface area (Å²) in [6.45, 7) is 3.48. The summed E-state index contributed by atoms with van der Waals surface area (Å²) in [5.41, 5.74) is 0.927. The smallest absolute Gasteiger partial charge is 0.338 e. The van der Waals surface area contributed by atoms with Gasteiger partial charge in [0.15, 0.2) is 12.4 Å². The second-order valence-corrected chi connectivity index (χ2v) is 6.65. The number of hydrogen-bond acceptors (Lipinski definition) is 8. The van der Waals surface area contributed by atoms with E-state index in [-0.39, 0.29) is 31.0 Å². The van der Waals surface area contributed by atoms with E-state index in [1.54, 1.807) is 31.2 Å². The summed E-state index contributed by atoms with van der Waals surface area (Å²) < 4.78 is 14.7. The van der Waals surface area contributed by atoms with E-state index in [0.29, 0.717) is 23.6 Å². The van der Waals surface area contributed by atoms with Gasteiger partial charge in [0, 0.05) is 24.6 Å². The van der Waals surface area contributed by atoms with Crippen molar-refractivity contribution in [1.29, 1.82) is 0 Å². The molecule has 10 heteroatoms. The van der Waals surface area contributed by atoms with Crippen LogP contribution >= 0.6 is 0 Å². The van der Waals surface area contributed by atoms with Crippen LogP contribution < -0.4 is 10.6 Å². The fourth-order valence-corrected chi connectivity index (χ4v) is 2.41. The van der Waals surface area contributed by atoms with Gasteiger partial charge in [-0.25, -0.2) is 4.79 Å². The number of hydrogen-bond donors (Lipinski definition) is 2. The van der Waals surface area contributed by atoms with Gasteiger partial charge in [-0.3, -0.25) is 14.4 Å². The van der Waals surface area contributed by atoms with Crippen LogP contribution in [0, 0.1) is 6.92 Å². The number of aromatic nitrogens is 1. The molecule has 0 aliphatic rings. The molecule has 2 aromatic rings. The van der Waals surface area contributed by atoms with Gasteiger partial charge in [-0.1, -0.05) is 12.1 Å². The van der Waals surface area contributed by atoms with E-state index in [0.717, 1.165) is 6.42 Å². The van der Waals surface area contributed by atoms with Gasteiger partial charge < -0.3 is 24.6 Å². The van der Waals surface area contributed by atoms with Gasteiger partial charge in [0.1, 0.15) is 5.76 Å². The highest BCUT2D eigenvalue weighted by Crippen LogP contribution is 2.12. The molecule has 31 heavy (non-hydrogen) atoms. The normalized spacial score (nSPS) is 10.3. The topological polar surface area (TPSA) is 137 Å². The van der Waals surface area contributed by atoms with Crippen molar-refractivity contribution in [2.45, 2.75) is 39.5 Å². The van der Waals surface area contributed by atoms with E-state index in [1.165, 1.54) is 6.07 Å². The molecule has 0 saturated heterocycles. The molecule has 2 amide bonds. The number of anilines is 2. The number of ether oxygens (including phenoxy) is 2. The Bertz CT molecular complexity index is 906. The van der Waals surface area contributed by atoms with Crippen molar-refractivity contribution in [2.75, 3.05) is 23.8 Å². The monoisotopic (exact) mass is 431 g/mol. The minimum absolute atomic E-state index is 0.00796.